The number of nitrogens with one attached hydrogen (secondary N) is 1. The predicted molar refractivity (Wildman–Crippen MR) is 100 cm³/mol. The normalized spacial score (nSPS) is 10.7. The van der Waals surface area contributed by atoms with E-state index in [1.165, 1.54) is 4.90 Å². The minimum absolute atomic E-state index is 0.0171. The van der Waals surface area contributed by atoms with Crippen LogP contribution in [0.5, 0.6) is 0 Å². The first kappa shape index (κ1) is 17.9. The van der Waals surface area contributed by atoms with Crippen LogP contribution in [0.15, 0.2) is 54.9 Å². The van der Waals surface area contributed by atoms with E-state index in [0.717, 1.165) is 5.56 Å². The summed E-state index contributed by atoms with van der Waals surface area (Å²) in [6.07, 6.45) is 3.50. The second-order valence-corrected chi connectivity index (χ2v) is 6.25. The first-order chi connectivity index (χ1) is 12.6. The van der Waals surface area contributed by atoms with E-state index in [9.17, 15) is 9.59 Å². The summed E-state index contributed by atoms with van der Waals surface area (Å²) < 4.78 is 1.78. The maximum atomic E-state index is 12.6. The number of fused-ring (bicyclic) bond motifs is 1. The SMILES string of the molecule is CCN(CC(=O)NCc1ccc(Cl)cc1)C(=O)c1cn2ccccc2n1. The number of amides is 2. The van der Waals surface area contributed by atoms with Gasteiger partial charge in [-0.25, -0.2) is 4.98 Å². The minimum atomic E-state index is -0.266. The number of hydrogen-bond acceptors (Lipinski definition) is 3. The van der Waals surface area contributed by atoms with Gasteiger partial charge in [-0.1, -0.05) is 29.8 Å². The fourth-order valence-corrected chi connectivity index (χ4v) is 2.69. The third-order valence-corrected chi connectivity index (χ3v) is 4.24. The molecule has 0 unspecified atom stereocenters. The van der Waals surface area contributed by atoms with Gasteiger partial charge in [-0.2, -0.15) is 0 Å². The Morgan fingerprint density at radius 3 is 2.65 bits per heavy atom. The topological polar surface area (TPSA) is 66.7 Å². The lowest BCUT2D eigenvalue weighted by Crippen LogP contribution is -2.40. The molecule has 0 fully saturated rings. The lowest BCUT2D eigenvalue weighted by molar-refractivity contribution is -0.121. The van der Waals surface area contributed by atoms with Gasteiger partial charge in [0.05, 0.1) is 6.54 Å². The van der Waals surface area contributed by atoms with Crippen molar-refractivity contribution in [1.82, 2.24) is 19.6 Å². The minimum Gasteiger partial charge on any atom is -0.350 e. The average molecular weight is 371 g/mol. The van der Waals surface area contributed by atoms with Gasteiger partial charge in [0, 0.05) is 30.5 Å². The molecule has 1 N–H and O–H groups in total. The molecule has 1 aromatic carbocycles. The molecular formula is C19H19ClN4O2. The maximum absolute atomic E-state index is 12.6. The molecule has 0 aliphatic carbocycles. The van der Waals surface area contributed by atoms with Gasteiger partial charge in [-0.3, -0.25) is 9.59 Å². The highest BCUT2D eigenvalue weighted by molar-refractivity contribution is 6.30. The van der Waals surface area contributed by atoms with Crippen molar-refractivity contribution < 1.29 is 9.59 Å². The highest BCUT2D eigenvalue weighted by Crippen LogP contribution is 2.10. The summed E-state index contributed by atoms with van der Waals surface area (Å²) in [5.74, 6) is -0.489. The zero-order chi connectivity index (χ0) is 18.5. The van der Waals surface area contributed by atoms with E-state index in [1.807, 2.05) is 43.5 Å². The van der Waals surface area contributed by atoms with E-state index in [1.54, 1.807) is 22.7 Å². The Kier molecular flexibility index (Phi) is 5.53. The first-order valence-electron chi connectivity index (χ1n) is 8.31. The van der Waals surface area contributed by atoms with Crippen molar-refractivity contribution in [1.29, 1.82) is 0 Å². The van der Waals surface area contributed by atoms with Crippen LogP contribution in [0.4, 0.5) is 0 Å². The van der Waals surface area contributed by atoms with Crippen molar-refractivity contribution in [3.8, 4) is 0 Å². The van der Waals surface area contributed by atoms with Crippen LogP contribution in [0.25, 0.3) is 5.65 Å². The molecule has 2 aromatic heterocycles. The van der Waals surface area contributed by atoms with Crippen LogP contribution in [0.3, 0.4) is 0 Å². The molecule has 0 radical (unpaired) electrons. The van der Waals surface area contributed by atoms with Gasteiger partial charge in [0.1, 0.15) is 11.3 Å². The van der Waals surface area contributed by atoms with Crippen LogP contribution in [0.1, 0.15) is 23.0 Å². The predicted octanol–water partition coefficient (Wildman–Crippen LogP) is 2.77. The van der Waals surface area contributed by atoms with Crippen LogP contribution in [-0.4, -0.2) is 39.2 Å². The van der Waals surface area contributed by atoms with E-state index in [-0.39, 0.29) is 18.4 Å². The van der Waals surface area contributed by atoms with Gasteiger partial charge in [-0.15, -0.1) is 0 Å². The van der Waals surface area contributed by atoms with Crippen LogP contribution < -0.4 is 5.32 Å². The summed E-state index contributed by atoms with van der Waals surface area (Å²) in [6, 6.07) is 12.8. The van der Waals surface area contributed by atoms with Gasteiger partial charge < -0.3 is 14.6 Å². The van der Waals surface area contributed by atoms with Gasteiger partial charge in [0.15, 0.2) is 0 Å². The number of imidazole rings is 1. The molecular weight excluding hydrogens is 352 g/mol. The number of hydrogen-bond donors (Lipinski definition) is 1. The Bertz CT molecular complexity index is 888. The molecule has 0 saturated carbocycles. The van der Waals surface area contributed by atoms with Crippen molar-refractivity contribution in [2.45, 2.75) is 13.5 Å². The van der Waals surface area contributed by atoms with Crippen molar-refractivity contribution in [2.24, 2.45) is 0 Å². The summed E-state index contributed by atoms with van der Waals surface area (Å²) in [6.45, 7) is 2.62. The number of carbonyl (C=O) groups excluding carboxylic acids is 2. The lowest BCUT2D eigenvalue weighted by atomic mass is 10.2. The summed E-state index contributed by atoms with van der Waals surface area (Å²) in [4.78, 5) is 30.6. The zero-order valence-corrected chi connectivity index (χ0v) is 15.1. The van der Waals surface area contributed by atoms with E-state index < -0.39 is 0 Å². The van der Waals surface area contributed by atoms with Crippen molar-refractivity contribution in [2.75, 3.05) is 13.1 Å². The van der Waals surface area contributed by atoms with Gasteiger partial charge in [-0.05, 0) is 36.8 Å². The number of aromatic nitrogens is 2. The van der Waals surface area contributed by atoms with E-state index in [0.29, 0.717) is 29.5 Å². The maximum Gasteiger partial charge on any atom is 0.274 e. The van der Waals surface area contributed by atoms with Crippen molar-refractivity contribution in [3.05, 3.63) is 71.1 Å². The molecule has 134 valence electrons. The summed E-state index contributed by atoms with van der Waals surface area (Å²) >= 11 is 5.85. The Balaban J connectivity index is 1.61. The third kappa shape index (κ3) is 4.21. The summed E-state index contributed by atoms with van der Waals surface area (Å²) in [7, 11) is 0. The molecule has 0 spiro atoms. The summed E-state index contributed by atoms with van der Waals surface area (Å²) in [5, 5.41) is 3.46. The first-order valence-corrected chi connectivity index (χ1v) is 8.68. The molecule has 0 atom stereocenters. The monoisotopic (exact) mass is 370 g/mol. The Labute approximate surface area is 156 Å². The standard InChI is InChI=1S/C19H19ClN4O2/c1-2-23(13-18(25)21-11-14-6-8-15(20)9-7-14)19(26)16-12-24-10-4-3-5-17(24)22-16/h3-10,12H,2,11,13H2,1H3,(H,21,25). The lowest BCUT2D eigenvalue weighted by Gasteiger charge is -2.19. The van der Waals surface area contributed by atoms with E-state index in [4.69, 9.17) is 11.6 Å². The van der Waals surface area contributed by atoms with Crippen LogP contribution >= 0.6 is 11.6 Å². The van der Waals surface area contributed by atoms with Crippen molar-refractivity contribution in [3.63, 3.8) is 0 Å². The molecule has 3 aromatic rings. The van der Waals surface area contributed by atoms with Crippen molar-refractivity contribution >= 4 is 29.1 Å². The largest absolute Gasteiger partial charge is 0.350 e. The van der Waals surface area contributed by atoms with Gasteiger partial charge in [0.25, 0.3) is 5.91 Å². The number of benzene rings is 1. The van der Waals surface area contributed by atoms with Crippen LogP contribution in [-0.2, 0) is 11.3 Å². The molecule has 0 saturated heterocycles. The van der Waals surface area contributed by atoms with Crippen LogP contribution in [0.2, 0.25) is 5.02 Å². The summed E-state index contributed by atoms with van der Waals surface area (Å²) in [5.41, 5.74) is 1.96. The highest BCUT2D eigenvalue weighted by Gasteiger charge is 2.19. The van der Waals surface area contributed by atoms with Crippen LogP contribution in [0, 0.1) is 0 Å². The second-order valence-electron chi connectivity index (χ2n) is 5.81. The molecule has 2 heterocycles. The third-order valence-electron chi connectivity index (χ3n) is 3.99. The molecule has 2 amide bonds. The molecule has 0 aliphatic heterocycles. The quantitative estimate of drug-likeness (QED) is 0.725. The number of carbonyl (C=O) groups is 2. The Morgan fingerprint density at radius 2 is 1.96 bits per heavy atom. The number of likely N-dealkylation sites (N-methyl/N-ethyl adjacent to an activating group) is 1. The zero-order valence-electron chi connectivity index (χ0n) is 14.4. The molecule has 26 heavy (non-hydrogen) atoms. The van der Waals surface area contributed by atoms with E-state index in [2.05, 4.69) is 10.3 Å². The fourth-order valence-electron chi connectivity index (χ4n) is 2.56. The number of rotatable bonds is 6. The van der Waals surface area contributed by atoms with E-state index >= 15 is 0 Å². The fraction of sp³-hybridized carbons (Fsp3) is 0.211. The number of nitrogens with zero attached hydrogens (tertiary/aromatic N) is 3. The molecule has 7 heteroatoms. The average Bonchev–Trinajstić information content (AvgIpc) is 3.09. The molecule has 0 aliphatic rings. The second kappa shape index (κ2) is 8.01. The van der Waals surface area contributed by atoms with Gasteiger partial charge in [0.2, 0.25) is 5.91 Å². The Morgan fingerprint density at radius 1 is 1.19 bits per heavy atom. The smallest absolute Gasteiger partial charge is 0.274 e. The highest BCUT2D eigenvalue weighted by atomic mass is 35.5. The number of halogens is 1. The molecule has 0 bridgehead atoms. The number of pyridine rings is 1. The Hall–Kier alpha value is -2.86. The molecule has 3 rings (SSSR count). The van der Waals surface area contributed by atoms with Gasteiger partial charge >= 0.3 is 0 Å². The molecule has 6 nitrogen and oxygen atoms in total.